The fourth-order valence-electron chi connectivity index (χ4n) is 2.55. The molecular formula is C18H18ClN5O3S2. The Morgan fingerprint density at radius 3 is 2.38 bits per heavy atom. The van der Waals surface area contributed by atoms with Crippen LogP contribution in [0.15, 0.2) is 58.6 Å². The number of halogens is 1. The van der Waals surface area contributed by atoms with Crippen molar-refractivity contribution >= 4 is 45.0 Å². The van der Waals surface area contributed by atoms with Gasteiger partial charge in [-0.25, -0.2) is 13.6 Å². The maximum absolute atomic E-state index is 12.2. The molecule has 0 atom stereocenters. The number of nitrogens with one attached hydrogen (secondary N) is 1. The normalized spacial score (nSPS) is 11.4. The van der Waals surface area contributed by atoms with Gasteiger partial charge in [-0.05, 0) is 55.5 Å². The zero-order valence-corrected chi connectivity index (χ0v) is 17.8. The molecule has 1 amide bonds. The highest BCUT2D eigenvalue weighted by Crippen LogP contribution is 2.25. The van der Waals surface area contributed by atoms with Crippen LogP contribution in [0.1, 0.15) is 6.92 Å². The topological polar surface area (TPSA) is 120 Å². The molecule has 3 aromatic rings. The number of carbonyl (C=O) groups excluding carboxylic acids is 1. The van der Waals surface area contributed by atoms with Crippen molar-refractivity contribution in [2.75, 3.05) is 11.1 Å². The van der Waals surface area contributed by atoms with E-state index in [4.69, 9.17) is 16.7 Å². The Kier molecular flexibility index (Phi) is 6.58. The number of sulfonamides is 1. The minimum Gasteiger partial charge on any atom is -0.325 e. The summed E-state index contributed by atoms with van der Waals surface area (Å²) in [6.07, 6.45) is 0. The predicted molar refractivity (Wildman–Crippen MR) is 113 cm³/mol. The molecule has 0 spiro atoms. The van der Waals surface area contributed by atoms with Crippen molar-refractivity contribution < 1.29 is 13.2 Å². The van der Waals surface area contributed by atoms with Gasteiger partial charge in [-0.1, -0.05) is 23.4 Å². The molecule has 11 heteroatoms. The third-order valence-electron chi connectivity index (χ3n) is 3.93. The van der Waals surface area contributed by atoms with Gasteiger partial charge in [0, 0.05) is 22.8 Å². The van der Waals surface area contributed by atoms with Gasteiger partial charge in [-0.15, -0.1) is 10.2 Å². The molecule has 0 radical (unpaired) electrons. The minimum absolute atomic E-state index is 0.0179. The van der Waals surface area contributed by atoms with E-state index in [0.29, 0.717) is 28.2 Å². The quantitative estimate of drug-likeness (QED) is 0.533. The summed E-state index contributed by atoms with van der Waals surface area (Å²) >= 11 is 7.19. The van der Waals surface area contributed by atoms with Gasteiger partial charge < -0.3 is 9.88 Å². The van der Waals surface area contributed by atoms with Gasteiger partial charge >= 0.3 is 0 Å². The van der Waals surface area contributed by atoms with Gasteiger partial charge in [0.2, 0.25) is 15.9 Å². The first-order valence-corrected chi connectivity index (χ1v) is 11.4. The summed E-state index contributed by atoms with van der Waals surface area (Å²) in [4.78, 5) is 12.2. The molecule has 152 valence electrons. The standard InChI is InChI=1S/C18H18ClN5O3S2/c1-2-24-17(12-3-5-13(19)6-4-12)22-23-18(24)28-11-16(25)21-14-7-9-15(10-8-14)29(20,26)27/h3-10H,2,11H2,1H3,(H,21,25)(H2,20,26,27). The van der Waals surface area contributed by atoms with Gasteiger partial charge in [0.05, 0.1) is 10.6 Å². The number of amides is 1. The maximum atomic E-state index is 12.2. The molecule has 1 aromatic heterocycles. The van der Waals surface area contributed by atoms with E-state index in [-0.39, 0.29) is 16.6 Å². The Labute approximate surface area is 177 Å². The van der Waals surface area contributed by atoms with Crippen molar-refractivity contribution in [3.8, 4) is 11.4 Å². The molecule has 2 aromatic carbocycles. The highest BCUT2D eigenvalue weighted by Gasteiger charge is 2.15. The van der Waals surface area contributed by atoms with Crippen molar-refractivity contribution in [2.24, 2.45) is 5.14 Å². The summed E-state index contributed by atoms with van der Waals surface area (Å²) in [5, 5.41) is 17.4. The number of hydrogen-bond donors (Lipinski definition) is 2. The van der Waals surface area contributed by atoms with Crippen molar-refractivity contribution in [1.82, 2.24) is 14.8 Å². The minimum atomic E-state index is -3.77. The molecule has 29 heavy (non-hydrogen) atoms. The molecule has 0 saturated carbocycles. The predicted octanol–water partition coefficient (Wildman–Crippen LogP) is 3.00. The number of nitrogens with two attached hydrogens (primary N) is 1. The average molecular weight is 452 g/mol. The van der Waals surface area contributed by atoms with Crippen molar-refractivity contribution in [3.05, 3.63) is 53.6 Å². The van der Waals surface area contributed by atoms with E-state index < -0.39 is 10.0 Å². The summed E-state index contributed by atoms with van der Waals surface area (Å²) in [6, 6.07) is 12.9. The van der Waals surface area contributed by atoms with Crippen molar-refractivity contribution in [1.29, 1.82) is 0 Å². The van der Waals surface area contributed by atoms with E-state index in [1.807, 2.05) is 23.6 Å². The van der Waals surface area contributed by atoms with Crippen LogP contribution >= 0.6 is 23.4 Å². The molecule has 0 fully saturated rings. The van der Waals surface area contributed by atoms with Gasteiger partial charge in [-0.3, -0.25) is 4.79 Å². The van der Waals surface area contributed by atoms with Gasteiger partial charge in [0.25, 0.3) is 0 Å². The number of thioether (sulfide) groups is 1. The number of rotatable bonds is 7. The molecule has 3 N–H and O–H groups in total. The Morgan fingerprint density at radius 1 is 1.14 bits per heavy atom. The molecule has 0 unspecified atom stereocenters. The van der Waals surface area contributed by atoms with Gasteiger partial charge in [0.15, 0.2) is 11.0 Å². The number of benzene rings is 2. The van der Waals surface area contributed by atoms with Crippen LogP contribution < -0.4 is 10.5 Å². The second-order valence-electron chi connectivity index (χ2n) is 5.96. The Bertz CT molecular complexity index is 1110. The first-order valence-electron chi connectivity index (χ1n) is 8.52. The second kappa shape index (κ2) is 8.95. The fraction of sp³-hybridized carbons (Fsp3) is 0.167. The first-order chi connectivity index (χ1) is 13.8. The van der Waals surface area contributed by atoms with Crippen LogP contribution in [-0.2, 0) is 21.4 Å². The smallest absolute Gasteiger partial charge is 0.238 e. The number of aromatic nitrogens is 3. The third-order valence-corrected chi connectivity index (χ3v) is 6.08. The molecule has 0 aliphatic rings. The second-order valence-corrected chi connectivity index (χ2v) is 8.90. The number of primary sulfonamides is 1. The van der Waals surface area contributed by atoms with Crippen LogP contribution in [0.2, 0.25) is 5.02 Å². The molecule has 1 heterocycles. The van der Waals surface area contributed by atoms with Crippen LogP contribution in [0.5, 0.6) is 0 Å². The molecule has 0 bridgehead atoms. The maximum Gasteiger partial charge on any atom is 0.238 e. The lowest BCUT2D eigenvalue weighted by molar-refractivity contribution is -0.113. The van der Waals surface area contributed by atoms with Crippen LogP contribution in [0.3, 0.4) is 0 Å². The van der Waals surface area contributed by atoms with E-state index in [0.717, 1.165) is 5.56 Å². The summed E-state index contributed by atoms with van der Waals surface area (Å²) in [5.41, 5.74) is 1.36. The number of hydrogen-bond acceptors (Lipinski definition) is 6. The van der Waals surface area contributed by atoms with Crippen LogP contribution in [0, 0.1) is 0 Å². The molecule has 8 nitrogen and oxygen atoms in total. The zero-order valence-electron chi connectivity index (χ0n) is 15.4. The summed E-state index contributed by atoms with van der Waals surface area (Å²) in [5.74, 6) is 0.568. The molecule has 3 rings (SSSR count). The van der Waals surface area contributed by atoms with Crippen molar-refractivity contribution in [2.45, 2.75) is 23.5 Å². The number of anilines is 1. The Hall–Kier alpha value is -2.40. The monoisotopic (exact) mass is 451 g/mol. The van der Waals surface area contributed by atoms with E-state index in [2.05, 4.69) is 15.5 Å². The van der Waals surface area contributed by atoms with Crippen molar-refractivity contribution in [3.63, 3.8) is 0 Å². The Morgan fingerprint density at radius 2 is 1.79 bits per heavy atom. The SMILES string of the molecule is CCn1c(SCC(=O)Nc2ccc(S(N)(=O)=O)cc2)nnc1-c1ccc(Cl)cc1. The fourth-order valence-corrected chi connectivity index (χ4v) is 3.99. The lowest BCUT2D eigenvalue weighted by Crippen LogP contribution is -2.15. The van der Waals surface area contributed by atoms with E-state index in [9.17, 15) is 13.2 Å². The largest absolute Gasteiger partial charge is 0.325 e. The molecule has 0 aliphatic heterocycles. The van der Waals surface area contributed by atoms with Crippen LogP contribution in [-0.4, -0.2) is 34.8 Å². The number of carbonyl (C=O) groups is 1. The third kappa shape index (κ3) is 5.36. The van der Waals surface area contributed by atoms with Gasteiger partial charge in [0.1, 0.15) is 0 Å². The summed E-state index contributed by atoms with van der Waals surface area (Å²) in [7, 11) is -3.77. The van der Waals surface area contributed by atoms with E-state index in [1.165, 1.54) is 36.0 Å². The Balaban J connectivity index is 1.65. The van der Waals surface area contributed by atoms with Crippen LogP contribution in [0.4, 0.5) is 5.69 Å². The highest BCUT2D eigenvalue weighted by molar-refractivity contribution is 7.99. The number of nitrogens with zero attached hydrogens (tertiary/aromatic N) is 3. The molecule has 0 aliphatic carbocycles. The molecule has 0 saturated heterocycles. The highest BCUT2D eigenvalue weighted by atomic mass is 35.5. The van der Waals surface area contributed by atoms with E-state index >= 15 is 0 Å². The molecular weight excluding hydrogens is 434 g/mol. The summed E-state index contributed by atoms with van der Waals surface area (Å²) in [6.45, 7) is 2.61. The van der Waals surface area contributed by atoms with Crippen LogP contribution in [0.25, 0.3) is 11.4 Å². The summed E-state index contributed by atoms with van der Waals surface area (Å²) < 4.78 is 24.5. The lowest BCUT2D eigenvalue weighted by Gasteiger charge is -2.08. The zero-order chi connectivity index (χ0) is 21.0. The lowest BCUT2D eigenvalue weighted by atomic mass is 10.2. The average Bonchev–Trinajstić information content (AvgIpc) is 3.09. The first kappa shape index (κ1) is 21.3. The van der Waals surface area contributed by atoms with Gasteiger partial charge in [-0.2, -0.15) is 0 Å². The van der Waals surface area contributed by atoms with E-state index in [1.54, 1.807) is 12.1 Å².